The van der Waals surface area contributed by atoms with E-state index in [1.807, 2.05) is 126 Å². The van der Waals surface area contributed by atoms with E-state index in [-0.39, 0.29) is 37.8 Å². The number of nitrogens with zero attached hydrogens (tertiary/aromatic N) is 3. The summed E-state index contributed by atoms with van der Waals surface area (Å²) in [5.41, 5.74) is 14.7. The van der Waals surface area contributed by atoms with Crippen molar-refractivity contribution >= 4 is 11.0 Å². The number of rotatable bonds is 8. The van der Waals surface area contributed by atoms with Gasteiger partial charge in [0.2, 0.25) is 0 Å². The third-order valence-corrected chi connectivity index (χ3v) is 12.7. The predicted octanol–water partition coefficient (Wildman–Crippen LogP) is 16.5. The molecule has 338 valence electrons. The van der Waals surface area contributed by atoms with Gasteiger partial charge < -0.3 is 5.11 Å². The number of para-hydroxylation sites is 2. The van der Waals surface area contributed by atoms with Crippen molar-refractivity contribution in [3.05, 3.63) is 217 Å². The second-order valence-electron chi connectivity index (χ2n) is 19.4. The molecule has 0 aliphatic heterocycles. The Balaban J connectivity index is 0.00000624. The molecule has 0 fully saturated rings. The van der Waals surface area contributed by atoms with Crippen molar-refractivity contribution in [2.24, 2.45) is 0 Å². The minimum atomic E-state index is -2.49. The largest absolute Gasteiger partial charge is 0.507 e. The molecule has 8 aromatic carbocycles. The van der Waals surface area contributed by atoms with E-state index >= 15 is 0 Å². The van der Waals surface area contributed by atoms with Crippen molar-refractivity contribution in [1.29, 1.82) is 0 Å². The molecule has 10 rings (SSSR count). The van der Waals surface area contributed by atoms with E-state index in [1.165, 1.54) is 0 Å². The molecular formula is C63H54N3OPt-. The zero-order valence-electron chi connectivity index (χ0n) is 42.1. The van der Waals surface area contributed by atoms with Crippen LogP contribution in [-0.4, -0.2) is 19.6 Å². The van der Waals surface area contributed by atoms with E-state index in [0.29, 0.717) is 28.2 Å². The Morgan fingerprint density at radius 2 is 1.12 bits per heavy atom. The molecule has 0 radical (unpaired) electrons. The summed E-state index contributed by atoms with van der Waals surface area (Å²) in [7, 11) is 0. The van der Waals surface area contributed by atoms with Gasteiger partial charge in [0.05, 0.1) is 22.3 Å². The number of aryl methyl sites for hydroxylation is 1. The van der Waals surface area contributed by atoms with Gasteiger partial charge in [0.25, 0.3) is 0 Å². The summed E-state index contributed by atoms with van der Waals surface area (Å²) in [5.74, 6) is 0.587. The smallest absolute Gasteiger partial charge is 0.148 e. The second-order valence-corrected chi connectivity index (χ2v) is 19.4. The molecule has 4 nitrogen and oxygen atoms in total. The van der Waals surface area contributed by atoms with Crippen LogP contribution in [0.25, 0.3) is 95.0 Å². The van der Waals surface area contributed by atoms with E-state index in [4.69, 9.17) is 14.1 Å². The first-order valence-corrected chi connectivity index (χ1v) is 22.9. The Bertz CT molecular complexity index is 3540. The Labute approximate surface area is 419 Å². The van der Waals surface area contributed by atoms with Crippen LogP contribution in [0.1, 0.15) is 62.3 Å². The van der Waals surface area contributed by atoms with Crippen LogP contribution in [0.2, 0.25) is 0 Å². The first-order valence-electron chi connectivity index (χ1n) is 24.4. The van der Waals surface area contributed by atoms with Gasteiger partial charge in [-0.2, -0.15) is 0 Å². The predicted molar refractivity (Wildman–Crippen MR) is 280 cm³/mol. The Morgan fingerprint density at radius 1 is 0.515 bits per heavy atom. The summed E-state index contributed by atoms with van der Waals surface area (Å²) in [6.45, 7) is 10.3. The summed E-state index contributed by atoms with van der Waals surface area (Å²) in [6.07, 6.45) is 1.84. The van der Waals surface area contributed by atoms with Gasteiger partial charge >= 0.3 is 0 Å². The second kappa shape index (κ2) is 18.5. The van der Waals surface area contributed by atoms with Crippen LogP contribution in [-0.2, 0) is 31.9 Å². The van der Waals surface area contributed by atoms with Crippen LogP contribution >= 0.6 is 0 Å². The monoisotopic (exact) mass is 1070 g/mol. The normalized spacial score (nSPS) is 12.5. The first-order chi connectivity index (χ1) is 33.5. The maximum Gasteiger partial charge on any atom is 0.148 e. The maximum absolute atomic E-state index is 12.4. The molecule has 0 bridgehead atoms. The van der Waals surface area contributed by atoms with E-state index in [9.17, 15) is 5.11 Å². The number of hydrogen-bond acceptors (Lipinski definition) is 3. The van der Waals surface area contributed by atoms with Crippen molar-refractivity contribution in [2.75, 3.05) is 0 Å². The zero-order chi connectivity index (χ0) is 49.0. The standard InChI is InChI=1S/C63H54N3O.Pt/c1-41-35-58(54(44-23-15-10-16-24-44)40-53(41)45-29-31-50(32-30-45)62(2,3)4)66-57-28-18-25-51(59(57)65-61(66)52-26-17-27-55(60(52)67)63(5,6)7)48-36-47(43-21-13-9-14-22-43)37-49(38-48)56-39-46(33-34-64-56)42-19-11-8-12-20-42;/h8-37,39-40,67H,1-7H3;/q-1;/i1D3;. The Morgan fingerprint density at radius 3 is 1.76 bits per heavy atom. The number of phenols is 1. The van der Waals surface area contributed by atoms with Gasteiger partial charge in [-0.25, -0.2) is 4.98 Å². The van der Waals surface area contributed by atoms with Crippen molar-refractivity contribution in [1.82, 2.24) is 14.5 Å². The Hall–Kier alpha value is -7.13. The molecule has 68 heavy (non-hydrogen) atoms. The maximum atomic E-state index is 12.4. The molecule has 0 atom stereocenters. The van der Waals surface area contributed by atoms with Crippen LogP contribution in [0.5, 0.6) is 5.75 Å². The third kappa shape index (κ3) is 8.90. The molecule has 0 aliphatic rings. The molecule has 2 aromatic heterocycles. The number of benzene rings is 8. The van der Waals surface area contributed by atoms with Crippen LogP contribution in [0.4, 0.5) is 0 Å². The summed E-state index contributed by atoms with van der Waals surface area (Å²) in [6, 6.07) is 66.8. The van der Waals surface area contributed by atoms with Gasteiger partial charge in [-0.1, -0.05) is 204 Å². The third-order valence-electron chi connectivity index (χ3n) is 12.7. The van der Waals surface area contributed by atoms with Crippen molar-refractivity contribution in [3.8, 4) is 89.7 Å². The summed E-state index contributed by atoms with van der Waals surface area (Å²) < 4.78 is 29.2. The fraction of sp³-hybridized carbons (Fsp3) is 0.143. The molecular weight excluding hydrogens is 1010 g/mol. The van der Waals surface area contributed by atoms with Gasteiger partial charge in [0.1, 0.15) is 11.6 Å². The van der Waals surface area contributed by atoms with Crippen molar-refractivity contribution in [2.45, 2.75) is 59.2 Å². The van der Waals surface area contributed by atoms with Gasteiger partial charge in [0, 0.05) is 42.6 Å². The number of pyridine rings is 1. The minimum absolute atomic E-state index is 0. The number of imidazole rings is 1. The number of hydrogen-bond donors (Lipinski definition) is 1. The SMILES string of the molecule is [2H]C([2H])([2H])c1cc(-n2c(-c3cccc(C(C)(C)C)c3O)nc3c(-c4[c-]c(-c5cc(-c6ccccc6)ccn5)cc(-c5ccccc5)c4)cccc32)c(-c2ccccc2)cc1-c1ccc(C(C)(C)C)cc1.[Pt]. The Kier molecular flexibility index (Phi) is 11.5. The van der Waals surface area contributed by atoms with Gasteiger partial charge in [-0.15, -0.1) is 23.8 Å². The molecule has 5 heteroatoms. The number of aromatic nitrogens is 3. The van der Waals surface area contributed by atoms with E-state index in [1.54, 1.807) is 0 Å². The molecule has 0 saturated carbocycles. The van der Waals surface area contributed by atoms with Crippen LogP contribution in [0, 0.1) is 12.9 Å². The van der Waals surface area contributed by atoms with Crippen molar-refractivity contribution < 1.29 is 30.3 Å². The first kappa shape index (κ1) is 42.2. The molecule has 0 spiro atoms. The average molecular weight is 1070 g/mol. The average Bonchev–Trinajstić information content (AvgIpc) is 3.75. The number of aromatic hydroxyl groups is 1. The summed E-state index contributed by atoms with van der Waals surface area (Å²) in [5, 5.41) is 12.4. The van der Waals surface area contributed by atoms with Gasteiger partial charge in [0.15, 0.2) is 0 Å². The molecule has 0 aliphatic carbocycles. The summed E-state index contributed by atoms with van der Waals surface area (Å²) >= 11 is 0. The molecule has 10 aromatic rings. The van der Waals surface area contributed by atoms with E-state index in [2.05, 4.69) is 120 Å². The topological polar surface area (TPSA) is 50.9 Å². The fourth-order valence-electron chi connectivity index (χ4n) is 9.12. The quantitative estimate of drug-likeness (QED) is 0.154. The fourth-order valence-corrected chi connectivity index (χ4v) is 9.12. The van der Waals surface area contributed by atoms with Gasteiger partial charge in [-0.05, 0) is 98.1 Å². The number of phenolic OH excluding ortho intramolecular Hbond substituents is 1. The minimum Gasteiger partial charge on any atom is -0.507 e. The van der Waals surface area contributed by atoms with Crippen LogP contribution in [0.3, 0.4) is 0 Å². The number of fused-ring (bicyclic) bond motifs is 1. The molecule has 0 amide bonds. The molecule has 2 heterocycles. The molecule has 1 N–H and O–H groups in total. The zero-order valence-corrected chi connectivity index (χ0v) is 41.4. The van der Waals surface area contributed by atoms with Crippen molar-refractivity contribution in [3.63, 3.8) is 0 Å². The molecule has 0 unspecified atom stereocenters. The molecule has 0 saturated heterocycles. The van der Waals surface area contributed by atoms with Crippen LogP contribution in [0.15, 0.2) is 194 Å². The van der Waals surface area contributed by atoms with Gasteiger partial charge in [-0.3, -0.25) is 9.55 Å². The summed E-state index contributed by atoms with van der Waals surface area (Å²) in [4.78, 5) is 10.4. The van der Waals surface area contributed by atoms with E-state index in [0.717, 1.165) is 78.0 Å². The van der Waals surface area contributed by atoms with E-state index < -0.39 is 12.3 Å². The van der Waals surface area contributed by atoms with Crippen LogP contribution < -0.4 is 0 Å².